The molecule has 2 heteroatoms. The van der Waals surface area contributed by atoms with Crippen molar-refractivity contribution in [3.05, 3.63) is 158 Å². The number of fused-ring (bicyclic) bond motifs is 7. The molecule has 9 rings (SSSR count). The monoisotopic (exact) mass is 577 g/mol. The summed E-state index contributed by atoms with van der Waals surface area (Å²) in [6.07, 6.45) is 0. The lowest BCUT2D eigenvalue weighted by Crippen LogP contribution is -1.90. The molecule has 0 bridgehead atoms. The Kier molecular flexibility index (Phi) is 5.75. The van der Waals surface area contributed by atoms with Gasteiger partial charge < -0.3 is 5.32 Å². The standard InChI is InChI=1S/C42H27NS/c1-2-8-30-24-32(13-12-27(30)6-1)35-17-16-33-25-31(14-15-34(33)26-35)28-18-21-36(22-19-28)43-39-11-5-10-38-41-37-9-4-3-7-29(37)20-23-40(41)44-42(38)39/h1-26,43H. The predicted molar refractivity (Wildman–Crippen MR) is 192 cm³/mol. The van der Waals surface area contributed by atoms with E-state index in [2.05, 4.69) is 163 Å². The van der Waals surface area contributed by atoms with Gasteiger partial charge in [0, 0.05) is 21.2 Å². The Bertz CT molecular complexity index is 2520. The normalized spacial score (nSPS) is 11.6. The van der Waals surface area contributed by atoms with E-state index in [4.69, 9.17) is 0 Å². The van der Waals surface area contributed by atoms with E-state index in [9.17, 15) is 0 Å². The van der Waals surface area contributed by atoms with Crippen LogP contribution in [0.1, 0.15) is 0 Å². The Balaban J connectivity index is 1.01. The first-order valence-electron chi connectivity index (χ1n) is 15.0. The van der Waals surface area contributed by atoms with Gasteiger partial charge in [-0.2, -0.15) is 0 Å². The fourth-order valence-electron chi connectivity index (χ4n) is 6.54. The summed E-state index contributed by atoms with van der Waals surface area (Å²) in [5, 5.41) is 14.0. The summed E-state index contributed by atoms with van der Waals surface area (Å²) in [4.78, 5) is 0. The molecule has 0 radical (unpaired) electrons. The summed E-state index contributed by atoms with van der Waals surface area (Å²) in [6, 6.07) is 57.4. The van der Waals surface area contributed by atoms with Crippen LogP contribution in [-0.2, 0) is 0 Å². The van der Waals surface area contributed by atoms with Crippen molar-refractivity contribution in [1.82, 2.24) is 0 Å². The zero-order chi connectivity index (χ0) is 29.0. The number of benzene rings is 8. The Morgan fingerprint density at radius 2 is 0.932 bits per heavy atom. The maximum Gasteiger partial charge on any atom is 0.0590 e. The van der Waals surface area contributed by atoms with Gasteiger partial charge in [0.2, 0.25) is 0 Å². The highest BCUT2D eigenvalue weighted by Gasteiger charge is 2.12. The molecule has 206 valence electrons. The Morgan fingerprint density at radius 3 is 1.68 bits per heavy atom. The van der Waals surface area contributed by atoms with Crippen molar-refractivity contribution in [2.45, 2.75) is 0 Å². The molecule has 1 N–H and O–H groups in total. The summed E-state index contributed by atoms with van der Waals surface area (Å²) < 4.78 is 2.62. The van der Waals surface area contributed by atoms with Gasteiger partial charge >= 0.3 is 0 Å². The molecule has 0 amide bonds. The summed E-state index contributed by atoms with van der Waals surface area (Å²) in [5.74, 6) is 0. The van der Waals surface area contributed by atoms with Crippen molar-refractivity contribution in [2.75, 3.05) is 5.32 Å². The van der Waals surface area contributed by atoms with Crippen molar-refractivity contribution in [3.63, 3.8) is 0 Å². The number of nitrogens with one attached hydrogen (secondary N) is 1. The van der Waals surface area contributed by atoms with Gasteiger partial charge in [0.15, 0.2) is 0 Å². The third kappa shape index (κ3) is 4.23. The number of anilines is 2. The van der Waals surface area contributed by atoms with Gasteiger partial charge in [-0.15, -0.1) is 11.3 Å². The molecule has 8 aromatic carbocycles. The molecule has 0 atom stereocenters. The summed E-state index contributed by atoms with van der Waals surface area (Å²) in [6.45, 7) is 0. The first-order valence-corrected chi connectivity index (χ1v) is 15.8. The maximum absolute atomic E-state index is 3.71. The lowest BCUT2D eigenvalue weighted by Gasteiger charge is -2.10. The summed E-state index contributed by atoms with van der Waals surface area (Å²) in [7, 11) is 0. The van der Waals surface area contributed by atoms with Crippen LogP contribution in [0.4, 0.5) is 11.4 Å². The van der Waals surface area contributed by atoms with Crippen LogP contribution < -0.4 is 5.32 Å². The van der Waals surface area contributed by atoms with E-state index in [1.807, 2.05) is 11.3 Å². The topological polar surface area (TPSA) is 12.0 Å². The van der Waals surface area contributed by atoms with Crippen LogP contribution in [-0.4, -0.2) is 0 Å². The van der Waals surface area contributed by atoms with Gasteiger partial charge in [0.05, 0.1) is 10.4 Å². The first kappa shape index (κ1) is 25.1. The van der Waals surface area contributed by atoms with Crippen LogP contribution in [0.15, 0.2) is 158 Å². The van der Waals surface area contributed by atoms with Gasteiger partial charge in [-0.05, 0) is 97.0 Å². The minimum Gasteiger partial charge on any atom is -0.354 e. The second-order valence-corrected chi connectivity index (χ2v) is 12.5. The molecular formula is C42H27NS. The van der Waals surface area contributed by atoms with Gasteiger partial charge in [0.1, 0.15) is 0 Å². The van der Waals surface area contributed by atoms with Crippen molar-refractivity contribution in [2.24, 2.45) is 0 Å². The highest BCUT2D eigenvalue weighted by atomic mass is 32.1. The van der Waals surface area contributed by atoms with E-state index < -0.39 is 0 Å². The second kappa shape index (κ2) is 10.1. The van der Waals surface area contributed by atoms with E-state index in [-0.39, 0.29) is 0 Å². The lowest BCUT2D eigenvalue weighted by molar-refractivity contribution is 1.57. The number of thiophene rings is 1. The van der Waals surface area contributed by atoms with Crippen molar-refractivity contribution < 1.29 is 0 Å². The van der Waals surface area contributed by atoms with Gasteiger partial charge in [-0.25, -0.2) is 0 Å². The van der Waals surface area contributed by atoms with Crippen molar-refractivity contribution in [3.8, 4) is 22.3 Å². The molecule has 0 aliphatic rings. The van der Waals surface area contributed by atoms with E-state index in [1.165, 1.54) is 74.7 Å². The highest BCUT2D eigenvalue weighted by Crippen LogP contribution is 2.42. The van der Waals surface area contributed by atoms with Crippen LogP contribution in [0.3, 0.4) is 0 Å². The minimum absolute atomic E-state index is 1.09. The van der Waals surface area contributed by atoms with Gasteiger partial charge in [-0.1, -0.05) is 115 Å². The molecular weight excluding hydrogens is 551 g/mol. The van der Waals surface area contributed by atoms with Crippen LogP contribution in [0.2, 0.25) is 0 Å². The van der Waals surface area contributed by atoms with E-state index >= 15 is 0 Å². The average Bonchev–Trinajstić information content (AvgIpc) is 3.48. The Labute approximate surface area is 259 Å². The first-order chi connectivity index (χ1) is 21.8. The quantitative estimate of drug-likeness (QED) is 0.219. The largest absolute Gasteiger partial charge is 0.354 e. The third-order valence-electron chi connectivity index (χ3n) is 8.81. The SMILES string of the molecule is c1ccc2cc(-c3ccc4cc(-c5ccc(Nc6cccc7c6sc6ccc8ccccc8c67)cc5)ccc4c3)ccc2c1. The Hall–Kier alpha value is -5.44. The van der Waals surface area contributed by atoms with Gasteiger partial charge in [-0.3, -0.25) is 0 Å². The molecule has 0 saturated carbocycles. The average molecular weight is 578 g/mol. The van der Waals surface area contributed by atoms with Crippen molar-refractivity contribution >= 4 is 75.2 Å². The molecule has 0 spiro atoms. The predicted octanol–water partition coefficient (Wildman–Crippen LogP) is 12.6. The number of hydrogen-bond acceptors (Lipinski definition) is 2. The summed E-state index contributed by atoms with van der Waals surface area (Å²) in [5.41, 5.74) is 7.16. The van der Waals surface area contributed by atoms with Crippen LogP contribution in [0.5, 0.6) is 0 Å². The van der Waals surface area contributed by atoms with Crippen LogP contribution >= 0.6 is 11.3 Å². The minimum atomic E-state index is 1.09. The van der Waals surface area contributed by atoms with E-state index in [0.29, 0.717) is 0 Å². The molecule has 1 aromatic heterocycles. The number of rotatable bonds is 4. The molecule has 9 aromatic rings. The fraction of sp³-hybridized carbons (Fsp3) is 0. The molecule has 44 heavy (non-hydrogen) atoms. The molecule has 1 heterocycles. The maximum atomic E-state index is 3.71. The molecule has 0 aliphatic carbocycles. The molecule has 0 aliphatic heterocycles. The summed E-state index contributed by atoms with van der Waals surface area (Å²) >= 11 is 1.86. The molecule has 0 unspecified atom stereocenters. The Morgan fingerprint density at radius 1 is 0.386 bits per heavy atom. The zero-order valence-electron chi connectivity index (χ0n) is 23.9. The molecule has 0 saturated heterocycles. The third-order valence-corrected chi connectivity index (χ3v) is 10.0. The zero-order valence-corrected chi connectivity index (χ0v) is 24.7. The lowest BCUT2D eigenvalue weighted by atomic mass is 9.96. The molecule has 0 fully saturated rings. The highest BCUT2D eigenvalue weighted by molar-refractivity contribution is 7.26. The van der Waals surface area contributed by atoms with Gasteiger partial charge in [0.25, 0.3) is 0 Å². The van der Waals surface area contributed by atoms with Crippen LogP contribution in [0.25, 0.3) is 74.7 Å². The smallest absolute Gasteiger partial charge is 0.0590 e. The second-order valence-electron chi connectivity index (χ2n) is 11.5. The van der Waals surface area contributed by atoms with E-state index in [1.54, 1.807) is 0 Å². The van der Waals surface area contributed by atoms with E-state index in [0.717, 1.165) is 11.4 Å². The van der Waals surface area contributed by atoms with Crippen molar-refractivity contribution in [1.29, 1.82) is 0 Å². The number of hydrogen-bond donors (Lipinski definition) is 1. The fourth-order valence-corrected chi connectivity index (χ4v) is 7.73. The molecule has 1 nitrogen and oxygen atoms in total. The van der Waals surface area contributed by atoms with Crippen LogP contribution in [0, 0.1) is 0 Å².